The minimum Gasteiger partial charge on any atom is -0.478 e. The van der Waals surface area contributed by atoms with E-state index in [0.717, 1.165) is 17.0 Å². The molecule has 6 nitrogen and oxygen atoms in total. The molecule has 0 aliphatic heterocycles. The summed E-state index contributed by atoms with van der Waals surface area (Å²) in [5.41, 5.74) is 0.916. The summed E-state index contributed by atoms with van der Waals surface area (Å²) >= 11 is 13.2. The van der Waals surface area contributed by atoms with E-state index in [1.807, 2.05) is 0 Å². The summed E-state index contributed by atoms with van der Waals surface area (Å²) in [5, 5.41) is 14.4. The molecule has 0 saturated carbocycles. The van der Waals surface area contributed by atoms with Gasteiger partial charge in [0.05, 0.1) is 21.5 Å². The van der Waals surface area contributed by atoms with E-state index < -0.39 is 11.9 Å². The van der Waals surface area contributed by atoms with Gasteiger partial charge in [-0.15, -0.1) is 11.8 Å². The van der Waals surface area contributed by atoms with E-state index in [0.29, 0.717) is 16.4 Å². The molecular weight excluding hydrogens is 411 g/mol. The molecule has 2 aromatic carbocycles. The molecule has 0 unspecified atom stereocenters. The van der Waals surface area contributed by atoms with Crippen LogP contribution < -0.4 is 10.6 Å². The molecule has 0 spiro atoms. The molecule has 2 amide bonds. The first-order valence-electron chi connectivity index (χ1n) is 7.54. The second kappa shape index (κ2) is 10.0. The molecule has 0 radical (unpaired) electrons. The van der Waals surface area contributed by atoms with Crippen LogP contribution in [-0.2, 0) is 14.4 Å². The van der Waals surface area contributed by atoms with Crippen LogP contribution in [0, 0.1) is 0 Å². The maximum Gasteiger partial charge on any atom is 0.328 e. The number of hydrogen-bond donors (Lipinski definition) is 3. The summed E-state index contributed by atoms with van der Waals surface area (Å²) in [6.45, 7) is 0. The van der Waals surface area contributed by atoms with Crippen molar-refractivity contribution in [3.05, 3.63) is 64.7 Å². The van der Waals surface area contributed by atoms with E-state index in [1.54, 1.807) is 42.5 Å². The van der Waals surface area contributed by atoms with Gasteiger partial charge in [0.15, 0.2) is 0 Å². The lowest BCUT2D eigenvalue weighted by Crippen LogP contribution is -2.14. The summed E-state index contributed by atoms with van der Waals surface area (Å²) in [5.74, 6) is -1.91. The van der Waals surface area contributed by atoms with Crippen molar-refractivity contribution in [2.24, 2.45) is 0 Å². The first-order chi connectivity index (χ1) is 12.8. The highest BCUT2D eigenvalue weighted by Crippen LogP contribution is 2.30. The summed E-state index contributed by atoms with van der Waals surface area (Å²) < 4.78 is 0. The molecule has 9 heteroatoms. The summed E-state index contributed by atoms with van der Waals surface area (Å²) in [6.07, 6.45) is 1.67. The van der Waals surface area contributed by atoms with Gasteiger partial charge < -0.3 is 15.7 Å². The van der Waals surface area contributed by atoms with Crippen LogP contribution in [0.15, 0.2) is 59.5 Å². The number of nitrogens with one attached hydrogen (secondary N) is 2. The SMILES string of the molecule is O=C(O)/C=C/C(=O)Nc1cccc(SCC(=O)Nc2cccc(Cl)c2Cl)c1. The number of hydrogen-bond acceptors (Lipinski definition) is 4. The first-order valence-corrected chi connectivity index (χ1v) is 9.28. The number of rotatable bonds is 7. The van der Waals surface area contributed by atoms with E-state index in [-0.39, 0.29) is 16.7 Å². The number of carbonyl (C=O) groups is 3. The molecule has 140 valence electrons. The maximum atomic E-state index is 12.1. The van der Waals surface area contributed by atoms with Gasteiger partial charge in [-0.25, -0.2) is 4.79 Å². The quantitative estimate of drug-likeness (QED) is 0.454. The highest BCUT2D eigenvalue weighted by atomic mass is 35.5. The normalized spacial score (nSPS) is 10.6. The molecule has 27 heavy (non-hydrogen) atoms. The Hall–Kier alpha value is -2.48. The molecular formula is C18H14Cl2N2O4S. The molecule has 2 aromatic rings. The molecule has 0 heterocycles. The molecule has 0 atom stereocenters. The first kappa shape index (κ1) is 20.8. The number of carboxylic acid groups (broad SMARTS) is 1. The number of thioether (sulfide) groups is 1. The Morgan fingerprint density at radius 3 is 2.52 bits per heavy atom. The minimum atomic E-state index is -1.21. The van der Waals surface area contributed by atoms with Crippen molar-refractivity contribution in [1.82, 2.24) is 0 Å². The van der Waals surface area contributed by atoms with Gasteiger partial charge in [-0.05, 0) is 30.3 Å². The van der Waals surface area contributed by atoms with Gasteiger partial charge in [-0.1, -0.05) is 35.3 Å². The highest BCUT2D eigenvalue weighted by Gasteiger charge is 2.09. The maximum absolute atomic E-state index is 12.1. The number of halogens is 2. The predicted octanol–water partition coefficient (Wildman–Crippen LogP) is 4.30. The summed E-state index contributed by atoms with van der Waals surface area (Å²) in [6, 6.07) is 11.8. The van der Waals surface area contributed by atoms with Crippen molar-refractivity contribution < 1.29 is 19.5 Å². The van der Waals surface area contributed by atoms with Crippen LogP contribution >= 0.6 is 35.0 Å². The second-order valence-electron chi connectivity index (χ2n) is 5.13. The fraction of sp³-hybridized carbons (Fsp3) is 0.0556. The lowest BCUT2D eigenvalue weighted by atomic mass is 10.3. The molecule has 0 fully saturated rings. The Morgan fingerprint density at radius 2 is 1.78 bits per heavy atom. The Bertz CT molecular complexity index is 903. The fourth-order valence-corrected chi connectivity index (χ4v) is 3.03. The van der Waals surface area contributed by atoms with Gasteiger partial charge in [0.25, 0.3) is 0 Å². The van der Waals surface area contributed by atoms with Gasteiger partial charge in [0.1, 0.15) is 0 Å². The fourth-order valence-electron chi connectivity index (χ4n) is 1.93. The van der Waals surface area contributed by atoms with E-state index in [1.165, 1.54) is 11.8 Å². The van der Waals surface area contributed by atoms with E-state index in [4.69, 9.17) is 28.3 Å². The van der Waals surface area contributed by atoms with Gasteiger partial charge >= 0.3 is 5.97 Å². The number of benzene rings is 2. The van der Waals surface area contributed by atoms with Crippen LogP contribution in [0.1, 0.15) is 0 Å². The zero-order chi connectivity index (χ0) is 19.8. The van der Waals surface area contributed by atoms with Crippen LogP contribution in [0.5, 0.6) is 0 Å². The van der Waals surface area contributed by atoms with Crippen molar-refractivity contribution in [3.63, 3.8) is 0 Å². The zero-order valence-electron chi connectivity index (χ0n) is 13.7. The number of anilines is 2. The van der Waals surface area contributed by atoms with Crippen molar-refractivity contribution in [2.75, 3.05) is 16.4 Å². The number of carbonyl (C=O) groups excluding carboxylic acids is 2. The van der Waals surface area contributed by atoms with Crippen molar-refractivity contribution in [2.45, 2.75) is 4.90 Å². The van der Waals surface area contributed by atoms with Gasteiger partial charge in [0, 0.05) is 22.7 Å². The molecule has 0 aromatic heterocycles. The third-order valence-electron chi connectivity index (χ3n) is 3.07. The van der Waals surface area contributed by atoms with Gasteiger partial charge in [0.2, 0.25) is 11.8 Å². The van der Waals surface area contributed by atoms with E-state index in [2.05, 4.69) is 10.6 Å². The highest BCUT2D eigenvalue weighted by molar-refractivity contribution is 8.00. The number of amides is 2. The molecule has 0 saturated heterocycles. The lowest BCUT2D eigenvalue weighted by molar-refractivity contribution is -0.131. The van der Waals surface area contributed by atoms with Crippen LogP contribution in [0.4, 0.5) is 11.4 Å². The zero-order valence-corrected chi connectivity index (χ0v) is 16.1. The Balaban J connectivity index is 1.92. The van der Waals surface area contributed by atoms with Crippen LogP contribution in [0.3, 0.4) is 0 Å². The largest absolute Gasteiger partial charge is 0.478 e. The molecule has 0 bridgehead atoms. The number of aliphatic carboxylic acids is 1. The molecule has 0 aliphatic rings. The Morgan fingerprint density at radius 1 is 1.04 bits per heavy atom. The number of carboxylic acids is 1. The monoisotopic (exact) mass is 424 g/mol. The van der Waals surface area contributed by atoms with Gasteiger partial charge in [-0.2, -0.15) is 0 Å². The van der Waals surface area contributed by atoms with Crippen LogP contribution in [-0.4, -0.2) is 28.6 Å². The predicted molar refractivity (Wildman–Crippen MR) is 108 cm³/mol. The Labute approximate surface area is 169 Å². The lowest BCUT2D eigenvalue weighted by Gasteiger charge is -2.09. The average molecular weight is 425 g/mol. The van der Waals surface area contributed by atoms with Crippen LogP contribution in [0.2, 0.25) is 10.0 Å². The second-order valence-corrected chi connectivity index (χ2v) is 6.96. The summed E-state index contributed by atoms with van der Waals surface area (Å²) in [4.78, 5) is 34.9. The van der Waals surface area contributed by atoms with Crippen molar-refractivity contribution in [3.8, 4) is 0 Å². The molecule has 3 N–H and O–H groups in total. The van der Waals surface area contributed by atoms with E-state index >= 15 is 0 Å². The van der Waals surface area contributed by atoms with Crippen LogP contribution in [0.25, 0.3) is 0 Å². The average Bonchev–Trinajstić information content (AvgIpc) is 2.62. The van der Waals surface area contributed by atoms with Crippen molar-refractivity contribution >= 4 is 64.1 Å². The van der Waals surface area contributed by atoms with E-state index in [9.17, 15) is 14.4 Å². The van der Waals surface area contributed by atoms with Crippen molar-refractivity contribution in [1.29, 1.82) is 0 Å². The topological polar surface area (TPSA) is 95.5 Å². The molecule has 2 rings (SSSR count). The van der Waals surface area contributed by atoms with Gasteiger partial charge in [-0.3, -0.25) is 9.59 Å². The Kier molecular flexibility index (Phi) is 7.72. The molecule has 0 aliphatic carbocycles. The third-order valence-corrected chi connectivity index (χ3v) is 4.89. The standard InChI is InChI=1S/C18H14Cl2N2O4S/c19-13-5-2-6-14(18(13)20)22-16(24)10-27-12-4-1-3-11(9-12)21-15(23)7-8-17(25)26/h1-9H,10H2,(H,21,23)(H,22,24)(H,25,26)/b8-7+. The minimum absolute atomic E-state index is 0.124. The summed E-state index contributed by atoms with van der Waals surface area (Å²) in [7, 11) is 0. The smallest absolute Gasteiger partial charge is 0.328 e. The third kappa shape index (κ3) is 6.97.